The number of benzene rings is 2. The van der Waals surface area contributed by atoms with Gasteiger partial charge in [-0.2, -0.15) is 0 Å². The number of hydrogen-bond acceptors (Lipinski definition) is 2. The van der Waals surface area contributed by atoms with Crippen LogP contribution in [0.25, 0.3) is 21.7 Å². The maximum absolute atomic E-state index is 14.2. The third-order valence-corrected chi connectivity index (χ3v) is 4.49. The first-order valence-electron chi connectivity index (χ1n) is 6.24. The monoisotopic (exact) mass is 285 g/mol. The smallest absolute Gasteiger partial charge is 0.168 e. The van der Waals surface area contributed by atoms with E-state index in [1.807, 2.05) is 24.3 Å². The van der Waals surface area contributed by atoms with Crippen molar-refractivity contribution < 1.29 is 8.78 Å². The molecule has 0 saturated heterocycles. The summed E-state index contributed by atoms with van der Waals surface area (Å²) >= 11 is 1.46. The number of rotatable bonds is 0. The Hall–Kier alpha value is -2.07. The highest BCUT2D eigenvalue weighted by atomic mass is 32.1. The maximum atomic E-state index is 14.2. The van der Waals surface area contributed by atoms with Crippen LogP contribution < -0.4 is 0 Å². The van der Waals surface area contributed by atoms with Crippen molar-refractivity contribution in [1.82, 2.24) is 4.98 Å². The van der Waals surface area contributed by atoms with Crippen LogP contribution in [0.1, 0.15) is 11.1 Å². The van der Waals surface area contributed by atoms with Crippen LogP contribution in [-0.2, 0) is 6.42 Å². The van der Waals surface area contributed by atoms with Crippen LogP contribution >= 0.6 is 11.3 Å². The van der Waals surface area contributed by atoms with E-state index < -0.39 is 11.6 Å². The first-order chi connectivity index (χ1) is 9.75. The molecule has 0 atom stereocenters. The van der Waals surface area contributed by atoms with Gasteiger partial charge in [0.1, 0.15) is 0 Å². The summed E-state index contributed by atoms with van der Waals surface area (Å²) in [7, 11) is 0. The molecule has 0 radical (unpaired) electrons. The summed E-state index contributed by atoms with van der Waals surface area (Å²) in [5, 5.41) is 0. The van der Waals surface area contributed by atoms with Crippen LogP contribution in [0.5, 0.6) is 0 Å². The lowest BCUT2D eigenvalue weighted by atomic mass is 9.99. The number of fused-ring (bicyclic) bond motifs is 5. The number of aromatic nitrogens is 1. The van der Waals surface area contributed by atoms with Gasteiger partial charge in [0, 0.05) is 5.56 Å². The molecular formula is C16H9F2NS. The van der Waals surface area contributed by atoms with Gasteiger partial charge in [-0.05, 0) is 29.2 Å². The second kappa shape index (κ2) is 4.21. The zero-order valence-corrected chi connectivity index (χ0v) is 11.2. The van der Waals surface area contributed by atoms with Gasteiger partial charge in [0.05, 0.1) is 16.1 Å². The van der Waals surface area contributed by atoms with Gasteiger partial charge in [-0.25, -0.2) is 13.8 Å². The first kappa shape index (κ1) is 11.7. The fraction of sp³-hybridized carbons (Fsp3) is 0.0625. The fourth-order valence-electron chi connectivity index (χ4n) is 2.71. The molecule has 1 heterocycles. The molecule has 0 fully saturated rings. The normalized spacial score (nSPS) is 12.3. The van der Waals surface area contributed by atoms with Crippen molar-refractivity contribution in [2.75, 3.05) is 0 Å². The maximum Gasteiger partial charge on any atom is 0.168 e. The molecule has 1 aliphatic carbocycles. The average molecular weight is 285 g/mol. The number of halogens is 2. The number of nitrogens with zero attached hydrogens (tertiary/aromatic N) is 1. The Morgan fingerprint density at radius 1 is 1.00 bits per heavy atom. The van der Waals surface area contributed by atoms with Crippen molar-refractivity contribution in [3.05, 3.63) is 64.7 Å². The Labute approximate surface area is 118 Å². The number of hydrogen-bond donors (Lipinski definition) is 0. The van der Waals surface area contributed by atoms with Gasteiger partial charge >= 0.3 is 0 Å². The summed E-state index contributed by atoms with van der Waals surface area (Å²) in [6.07, 6.45) is 0.589. The summed E-state index contributed by atoms with van der Waals surface area (Å²) < 4.78 is 27.8. The van der Waals surface area contributed by atoms with E-state index in [4.69, 9.17) is 0 Å². The van der Waals surface area contributed by atoms with Gasteiger partial charge in [-0.1, -0.05) is 30.3 Å². The zero-order chi connectivity index (χ0) is 13.7. The van der Waals surface area contributed by atoms with Crippen molar-refractivity contribution in [3.63, 3.8) is 0 Å². The minimum Gasteiger partial charge on any atom is -0.244 e. The first-order valence-corrected chi connectivity index (χ1v) is 7.12. The van der Waals surface area contributed by atoms with E-state index in [0.29, 0.717) is 17.7 Å². The summed E-state index contributed by atoms with van der Waals surface area (Å²) in [4.78, 5) is 5.18. The summed E-state index contributed by atoms with van der Waals surface area (Å²) in [5.41, 5.74) is 5.48. The van der Waals surface area contributed by atoms with E-state index in [9.17, 15) is 8.78 Å². The number of thiazole rings is 1. The van der Waals surface area contributed by atoms with E-state index in [1.165, 1.54) is 17.4 Å². The predicted octanol–water partition coefficient (Wildman–Crippen LogP) is 4.66. The van der Waals surface area contributed by atoms with Crippen LogP contribution in [0.2, 0.25) is 0 Å². The highest BCUT2D eigenvalue weighted by molar-refractivity contribution is 7.13. The van der Waals surface area contributed by atoms with Crippen LogP contribution in [0.3, 0.4) is 0 Å². The molecule has 0 spiro atoms. The van der Waals surface area contributed by atoms with E-state index >= 15 is 0 Å². The van der Waals surface area contributed by atoms with E-state index in [2.05, 4.69) is 4.98 Å². The van der Waals surface area contributed by atoms with Crippen molar-refractivity contribution in [3.8, 4) is 21.7 Å². The molecule has 1 aliphatic rings. The summed E-state index contributed by atoms with van der Waals surface area (Å²) in [6, 6.07) is 10.8. The highest BCUT2D eigenvalue weighted by Crippen LogP contribution is 2.43. The standard InChI is InChI=1S/C16H9F2NS/c17-12-6-5-10-7-9-3-1-2-4-11(9)16-15(19-8-20-16)13(10)14(12)18/h1-6,8H,7H2. The molecule has 4 rings (SSSR count). The van der Waals surface area contributed by atoms with Gasteiger partial charge < -0.3 is 0 Å². The van der Waals surface area contributed by atoms with E-state index in [1.54, 1.807) is 11.6 Å². The topological polar surface area (TPSA) is 12.9 Å². The van der Waals surface area contributed by atoms with Crippen LogP contribution in [0.4, 0.5) is 8.78 Å². The van der Waals surface area contributed by atoms with Gasteiger partial charge in [0.2, 0.25) is 0 Å². The van der Waals surface area contributed by atoms with E-state index in [0.717, 1.165) is 21.6 Å². The molecule has 1 nitrogen and oxygen atoms in total. The van der Waals surface area contributed by atoms with Crippen molar-refractivity contribution >= 4 is 11.3 Å². The van der Waals surface area contributed by atoms with E-state index in [-0.39, 0.29) is 0 Å². The van der Waals surface area contributed by atoms with Crippen LogP contribution in [0, 0.1) is 11.6 Å². The van der Waals surface area contributed by atoms with Gasteiger partial charge in [-0.15, -0.1) is 11.3 Å². The molecule has 1 aromatic heterocycles. The molecule has 0 aliphatic heterocycles. The quantitative estimate of drug-likeness (QED) is 0.458. The molecule has 4 heteroatoms. The molecule has 3 aromatic rings. The molecule has 0 unspecified atom stereocenters. The van der Waals surface area contributed by atoms with Crippen LogP contribution in [0.15, 0.2) is 41.9 Å². The Balaban J connectivity index is 2.13. The van der Waals surface area contributed by atoms with Gasteiger partial charge in [0.15, 0.2) is 11.6 Å². The fourth-order valence-corrected chi connectivity index (χ4v) is 3.57. The minimum absolute atomic E-state index is 0.303. The summed E-state index contributed by atoms with van der Waals surface area (Å²) in [6.45, 7) is 0. The largest absolute Gasteiger partial charge is 0.244 e. The third kappa shape index (κ3) is 1.55. The Morgan fingerprint density at radius 2 is 1.85 bits per heavy atom. The zero-order valence-electron chi connectivity index (χ0n) is 10.4. The molecule has 98 valence electrons. The molecule has 2 aromatic carbocycles. The second-order valence-corrected chi connectivity index (χ2v) is 5.61. The highest BCUT2D eigenvalue weighted by Gasteiger charge is 2.25. The van der Waals surface area contributed by atoms with Crippen molar-refractivity contribution in [2.45, 2.75) is 6.42 Å². The minimum atomic E-state index is -0.825. The molecule has 0 N–H and O–H groups in total. The Kier molecular flexibility index (Phi) is 2.47. The average Bonchev–Trinajstić information content (AvgIpc) is 2.88. The third-order valence-electron chi connectivity index (χ3n) is 3.63. The lowest BCUT2D eigenvalue weighted by Crippen LogP contribution is -1.96. The molecule has 20 heavy (non-hydrogen) atoms. The molecule has 0 amide bonds. The molecule has 0 bridgehead atoms. The predicted molar refractivity (Wildman–Crippen MR) is 75.7 cm³/mol. The van der Waals surface area contributed by atoms with Gasteiger partial charge in [-0.3, -0.25) is 0 Å². The molecule has 0 saturated carbocycles. The second-order valence-electron chi connectivity index (χ2n) is 4.76. The Morgan fingerprint density at radius 3 is 2.75 bits per heavy atom. The lowest BCUT2D eigenvalue weighted by molar-refractivity contribution is 0.510. The van der Waals surface area contributed by atoms with Crippen molar-refractivity contribution in [1.29, 1.82) is 0 Å². The summed E-state index contributed by atoms with van der Waals surface area (Å²) in [5.74, 6) is -1.63. The van der Waals surface area contributed by atoms with Crippen molar-refractivity contribution in [2.24, 2.45) is 0 Å². The van der Waals surface area contributed by atoms with Gasteiger partial charge in [0.25, 0.3) is 0 Å². The van der Waals surface area contributed by atoms with Crippen LogP contribution in [-0.4, -0.2) is 4.98 Å². The molecular weight excluding hydrogens is 276 g/mol. The SMILES string of the molecule is Fc1ccc2c(c1F)-c1ncsc1-c1ccccc1C2. The lowest BCUT2D eigenvalue weighted by Gasteiger charge is -2.07. The Bertz CT molecular complexity index is 823.